The fourth-order valence-electron chi connectivity index (χ4n) is 3.83. The molecule has 0 spiro atoms. The van der Waals surface area contributed by atoms with E-state index in [-0.39, 0.29) is 0 Å². The van der Waals surface area contributed by atoms with E-state index < -0.39 is 0 Å². The SMILES string of the molecule is CN(c1ccnc(N2CCOCC2)n1)C1CCN(Cc2ccc(Br)cn2)CC1. The molecule has 7 nitrogen and oxygen atoms in total. The van der Waals surface area contributed by atoms with Crippen LogP contribution in [0.4, 0.5) is 11.8 Å². The van der Waals surface area contributed by atoms with E-state index in [4.69, 9.17) is 9.72 Å². The Labute approximate surface area is 174 Å². The molecule has 0 aromatic carbocycles. The van der Waals surface area contributed by atoms with Gasteiger partial charge in [0.15, 0.2) is 0 Å². The summed E-state index contributed by atoms with van der Waals surface area (Å²) in [5.74, 6) is 1.82. The molecule has 2 saturated heterocycles. The summed E-state index contributed by atoms with van der Waals surface area (Å²) in [6.07, 6.45) is 6.00. The minimum absolute atomic E-state index is 0.501. The van der Waals surface area contributed by atoms with Crippen molar-refractivity contribution in [2.45, 2.75) is 25.4 Å². The second-order valence-electron chi connectivity index (χ2n) is 7.40. The van der Waals surface area contributed by atoms with Gasteiger partial charge in [0.1, 0.15) is 5.82 Å². The van der Waals surface area contributed by atoms with Crippen LogP contribution >= 0.6 is 15.9 Å². The summed E-state index contributed by atoms with van der Waals surface area (Å²) in [5.41, 5.74) is 1.13. The van der Waals surface area contributed by atoms with E-state index in [1.54, 1.807) is 0 Å². The van der Waals surface area contributed by atoms with Crippen LogP contribution in [-0.2, 0) is 11.3 Å². The first-order chi connectivity index (χ1) is 13.7. The number of hydrogen-bond donors (Lipinski definition) is 0. The Balaban J connectivity index is 1.33. The number of nitrogens with zero attached hydrogens (tertiary/aromatic N) is 6. The fraction of sp³-hybridized carbons (Fsp3) is 0.550. The fourth-order valence-corrected chi connectivity index (χ4v) is 4.07. The Kier molecular flexibility index (Phi) is 6.39. The van der Waals surface area contributed by atoms with E-state index in [9.17, 15) is 0 Å². The lowest BCUT2D eigenvalue weighted by atomic mass is 10.0. The number of aromatic nitrogens is 3. The first-order valence-corrected chi connectivity index (χ1v) is 10.7. The van der Waals surface area contributed by atoms with Gasteiger partial charge in [-0.25, -0.2) is 4.98 Å². The minimum Gasteiger partial charge on any atom is -0.378 e. The van der Waals surface area contributed by atoms with Crippen molar-refractivity contribution in [3.8, 4) is 0 Å². The van der Waals surface area contributed by atoms with E-state index >= 15 is 0 Å². The molecular weight excluding hydrogens is 420 g/mol. The van der Waals surface area contributed by atoms with Gasteiger partial charge in [-0.05, 0) is 47.0 Å². The molecule has 0 saturated carbocycles. The van der Waals surface area contributed by atoms with Gasteiger partial charge in [-0.15, -0.1) is 0 Å². The van der Waals surface area contributed by atoms with Crippen LogP contribution in [0.3, 0.4) is 0 Å². The Morgan fingerprint density at radius 3 is 2.61 bits per heavy atom. The van der Waals surface area contributed by atoms with Crippen LogP contribution in [0.25, 0.3) is 0 Å². The van der Waals surface area contributed by atoms with Crippen molar-refractivity contribution < 1.29 is 4.74 Å². The molecular formula is C20H27BrN6O. The van der Waals surface area contributed by atoms with Crippen molar-refractivity contribution in [1.29, 1.82) is 0 Å². The summed E-state index contributed by atoms with van der Waals surface area (Å²) in [6.45, 7) is 6.27. The summed E-state index contributed by atoms with van der Waals surface area (Å²) < 4.78 is 6.46. The highest BCUT2D eigenvalue weighted by Crippen LogP contribution is 2.23. The number of likely N-dealkylation sites (tertiary alicyclic amines) is 1. The van der Waals surface area contributed by atoms with Crippen molar-refractivity contribution >= 4 is 27.7 Å². The zero-order valence-corrected chi connectivity index (χ0v) is 17.9. The van der Waals surface area contributed by atoms with Gasteiger partial charge in [-0.1, -0.05) is 0 Å². The molecule has 2 aliphatic heterocycles. The summed E-state index contributed by atoms with van der Waals surface area (Å²) in [5, 5.41) is 0. The first-order valence-electron chi connectivity index (χ1n) is 9.90. The number of hydrogen-bond acceptors (Lipinski definition) is 7. The largest absolute Gasteiger partial charge is 0.378 e. The van der Waals surface area contributed by atoms with Gasteiger partial charge in [-0.3, -0.25) is 9.88 Å². The summed E-state index contributed by atoms with van der Waals surface area (Å²) in [7, 11) is 2.15. The predicted molar refractivity (Wildman–Crippen MR) is 114 cm³/mol. The Hall–Kier alpha value is -1.77. The molecule has 0 radical (unpaired) electrons. The van der Waals surface area contributed by atoms with Gasteiger partial charge < -0.3 is 14.5 Å². The topological polar surface area (TPSA) is 57.6 Å². The number of anilines is 2. The maximum Gasteiger partial charge on any atom is 0.227 e. The Morgan fingerprint density at radius 1 is 1.11 bits per heavy atom. The van der Waals surface area contributed by atoms with Crippen molar-refractivity contribution in [3.05, 3.63) is 40.8 Å². The maximum absolute atomic E-state index is 5.43. The van der Waals surface area contributed by atoms with Gasteiger partial charge in [0, 0.05) is 62.7 Å². The molecule has 4 rings (SSSR count). The summed E-state index contributed by atoms with van der Waals surface area (Å²) >= 11 is 3.45. The molecule has 150 valence electrons. The Bertz CT molecular complexity index is 760. The van der Waals surface area contributed by atoms with E-state index in [0.717, 1.165) is 80.7 Å². The molecule has 2 aromatic heterocycles. The number of pyridine rings is 1. The summed E-state index contributed by atoms with van der Waals surface area (Å²) in [4.78, 5) is 20.8. The van der Waals surface area contributed by atoms with Crippen LogP contribution in [0, 0.1) is 0 Å². The van der Waals surface area contributed by atoms with Crippen molar-refractivity contribution in [2.24, 2.45) is 0 Å². The van der Waals surface area contributed by atoms with Crippen LogP contribution < -0.4 is 9.80 Å². The molecule has 0 atom stereocenters. The molecule has 4 heterocycles. The average Bonchev–Trinajstić information content (AvgIpc) is 2.76. The number of morpholine rings is 1. The molecule has 2 aliphatic rings. The number of piperidine rings is 1. The molecule has 0 bridgehead atoms. The maximum atomic E-state index is 5.43. The third-order valence-corrected chi connectivity index (χ3v) is 6.03. The van der Waals surface area contributed by atoms with Crippen molar-refractivity contribution in [2.75, 3.05) is 56.2 Å². The van der Waals surface area contributed by atoms with Crippen LogP contribution in [0.5, 0.6) is 0 Å². The quantitative estimate of drug-likeness (QED) is 0.699. The lowest BCUT2D eigenvalue weighted by Gasteiger charge is -2.37. The van der Waals surface area contributed by atoms with Crippen LogP contribution in [-0.4, -0.2) is 72.3 Å². The van der Waals surface area contributed by atoms with Crippen LogP contribution in [0.15, 0.2) is 35.1 Å². The second-order valence-corrected chi connectivity index (χ2v) is 8.32. The minimum atomic E-state index is 0.501. The van der Waals surface area contributed by atoms with Crippen LogP contribution in [0.2, 0.25) is 0 Å². The van der Waals surface area contributed by atoms with Gasteiger partial charge in [-0.2, -0.15) is 4.98 Å². The number of rotatable bonds is 5. The highest BCUT2D eigenvalue weighted by atomic mass is 79.9. The van der Waals surface area contributed by atoms with Gasteiger partial charge in [0.25, 0.3) is 0 Å². The normalized spacial score (nSPS) is 19.0. The molecule has 8 heteroatoms. The van der Waals surface area contributed by atoms with Gasteiger partial charge in [0.2, 0.25) is 5.95 Å². The lowest BCUT2D eigenvalue weighted by Crippen LogP contribution is -2.43. The third kappa shape index (κ3) is 4.79. The second kappa shape index (κ2) is 9.15. The predicted octanol–water partition coefficient (Wildman–Crippen LogP) is 2.57. The smallest absolute Gasteiger partial charge is 0.227 e. The van der Waals surface area contributed by atoms with E-state index in [0.29, 0.717) is 6.04 Å². The van der Waals surface area contributed by atoms with Gasteiger partial charge >= 0.3 is 0 Å². The highest BCUT2D eigenvalue weighted by Gasteiger charge is 2.24. The van der Waals surface area contributed by atoms with Crippen molar-refractivity contribution in [3.63, 3.8) is 0 Å². The zero-order valence-electron chi connectivity index (χ0n) is 16.3. The monoisotopic (exact) mass is 446 g/mol. The molecule has 28 heavy (non-hydrogen) atoms. The average molecular weight is 447 g/mol. The molecule has 2 aromatic rings. The van der Waals surface area contributed by atoms with E-state index in [1.165, 1.54) is 0 Å². The van der Waals surface area contributed by atoms with Crippen LogP contribution in [0.1, 0.15) is 18.5 Å². The standard InChI is InChI=1S/C20H27BrN6O/c1-25(19-4-7-22-20(24-19)27-10-12-28-13-11-27)18-5-8-26(9-6-18)15-17-3-2-16(21)14-23-17/h2-4,7,14,18H,5-6,8-13,15H2,1H3. The molecule has 0 unspecified atom stereocenters. The van der Waals surface area contributed by atoms with E-state index in [1.807, 2.05) is 18.5 Å². The highest BCUT2D eigenvalue weighted by molar-refractivity contribution is 9.10. The number of ether oxygens (including phenoxy) is 1. The summed E-state index contributed by atoms with van der Waals surface area (Å²) in [6, 6.07) is 6.67. The first kappa shape index (κ1) is 19.5. The third-order valence-electron chi connectivity index (χ3n) is 5.56. The molecule has 0 amide bonds. The molecule has 0 aliphatic carbocycles. The lowest BCUT2D eigenvalue weighted by molar-refractivity contribution is 0.122. The molecule has 2 fully saturated rings. The van der Waals surface area contributed by atoms with Gasteiger partial charge in [0.05, 0.1) is 18.9 Å². The number of halogens is 1. The Morgan fingerprint density at radius 2 is 1.89 bits per heavy atom. The zero-order chi connectivity index (χ0) is 19.3. The van der Waals surface area contributed by atoms with Crippen molar-refractivity contribution in [1.82, 2.24) is 19.9 Å². The molecule has 0 N–H and O–H groups in total. The van der Waals surface area contributed by atoms with E-state index in [2.05, 4.69) is 59.8 Å².